The normalized spacial score (nSPS) is 27.4. The Bertz CT molecular complexity index is 339. The molecule has 1 aliphatic heterocycles. The fourth-order valence-electron chi connectivity index (χ4n) is 2.13. The van der Waals surface area contributed by atoms with Gasteiger partial charge in [0, 0.05) is 12.6 Å². The third-order valence-corrected chi connectivity index (χ3v) is 3.77. The highest BCUT2D eigenvalue weighted by atomic mass is 79.9. The summed E-state index contributed by atoms with van der Waals surface area (Å²) in [4.78, 5) is 2.44. The standard InChI is InChI=1S/C11H17BrN2O/c1-3-11(2)4-5-14(8-11)7-9-6-10(12)13-15-9/h6H,3-5,7-8H2,1-2H3. The first-order valence-corrected chi connectivity index (χ1v) is 6.24. The number of hydrogen-bond acceptors (Lipinski definition) is 3. The van der Waals surface area contributed by atoms with E-state index in [0.29, 0.717) is 5.41 Å². The third-order valence-electron chi connectivity index (χ3n) is 3.40. The zero-order valence-corrected chi connectivity index (χ0v) is 10.9. The van der Waals surface area contributed by atoms with Crippen LogP contribution in [0, 0.1) is 5.41 Å². The number of hydrogen-bond donors (Lipinski definition) is 0. The van der Waals surface area contributed by atoms with Crippen LogP contribution in [0.25, 0.3) is 0 Å². The van der Waals surface area contributed by atoms with Crippen molar-refractivity contribution in [3.8, 4) is 0 Å². The Morgan fingerprint density at radius 1 is 1.67 bits per heavy atom. The molecule has 0 saturated carbocycles. The number of nitrogens with zero attached hydrogens (tertiary/aromatic N) is 2. The first-order chi connectivity index (χ1) is 7.11. The Hall–Kier alpha value is -0.350. The molecule has 0 radical (unpaired) electrons. The van der Waals surface area contributed by atoms with Gasteiger partial charge < -0.3 is 4.52 Å². The first-order valence-electron chi connectivity index (χ1n) is 5.45. The fourth-order valence-corrected chi connectivity index (χ4v) is 2.46. The van der Waals surface area contributed by atoms with E-state index < -0.39 is 0 Å². The molecule has 1 saturated heterocycles. The molecule has 0 spiro atoms. The summed E-state index contributed by atoms with van der Waals surface area (Å²) in [7, 11) is 0. The van der Waals surface area contributed by atoms with Crippen LogP contribution in [-0.2, 0) is 6.54 Å². The lowest BCUT2D eigenvalue weighted by atomic mass is 9.87. The molecule has 84 valence electrons. The highest BCUT2D eigenvalue weighted by molar-refractivity contribution is 9.10. The Morgan fingerprint density at radius 2 is 2.47 bits per heavy atom. The van der Waals surface area contributed by atoms with E-state index in [1.807, 2.05) is 6.07 Å². The van der Waals surface area contributed by atoms with Crippen LogP contribution >= 0.6 is 15.9 Å². The van der Waals surface area contributed by atoms with Gasteiger partial charge in [-0.05, 0) is 40.7 Å². The Kier molecular flexibility index (Phi) is 3.16. The molecule has 15 heavy (non-hydrogen) atoms. The minimum absolute atomic E-state index is 0.497. The van der Waals surface area contributed by atoms with E-state index in [0.717, 1.165) is 16.9 Å². The van der Waals surface area contributed by atoms with Crippen LogP contribution in [-0.4, -0.2) is 23.1 Å². The second-order valence-corrected chi connectivity index (χ2v) is 5.55. The van der Waals surface area contributed by atoms with Gasteiger partial charge in [-0.15, -0.1) is 0 Å². The molecule has 0 N–H and O–H groups in total. The van der Waals surface area contributed by atoms with Crippen LogP contribution in [0.5, 0.6) is 0 Å². The molecule has 1 fully saturated rings. The highest BCUT2D eigenvalue weighted by Crippen LogP contribution is 2.33. The van der Waals surface area contributed by atoms with E-state index in [1.54, 1.807) is 0 Å². The van der Waals surface area contributed by atoms with Gasteiger partial charge in [-0.2, -0.15) is 0 Å². The number of aromatic nitrogens is 1. The predicted molar refractivity (Wildman–Crippen MR) is 62.5 cm³/mol. The van der Waals surface area contributed by atoms with Crippen LogP contribution in [0.3, 0.4) is 0 Å². The van der Waals surface area contributed by atoms with Crippen LogP contribution < -0.4 is 0 Å². The highest BCUT2D eigenvalue weighted by Gasteiger charge is 2.32. The predicted octanol–water partition coefficient (Wildman–Crippen LogP) is 3.06. The van der Waals surface area contributed by atoms with Crippen molar-refractivity contribution < 1.29 is 4.52 Å². The number of halogens is 1. The SMILES string of the molecule is CCC1(C)CCN(Cc2cc(Br)no2)C1. The molecule has 0 aliphatic carbocycles. The van der Waals surface area contributed by atoms with Gasteiger partial charge in [0.2, 0.25) is 0 Å². The molecule has 1 aromatic heterocycles. The van der Waals surface area contributed by atoms with Gasteiger partial charge in [0.25, 0.3) is 0 Å². The fraction of sp³-hybridized carbons (Fsp3) is 0.727. The summed E-state index contributed by atoms with van der Waals surface area (Å²) < 4.78 is 5.98. The van der Waals surface area contributed by atoms with Gasteiger partial charge in [0.05, 0.1) is 6.54 Å². The molecular weight excluding hydrogens is 256 g/mol. The zero-order valence-electron chi connectivity index (χ0n) is 9.29. The lowest BCUT2D eigenvalue weighted by Crippen LogP contribution is -2.24. The average molecular weight is 273 g/mol. The first kappa shape index (κ1) is 11.1. The maximum absolute atomic E-state index is 5.19. The van der Waals surface area contributed by atoms with E-state index in [2.05, 4.69) is 39.8 Å². The maximum Gasteiger partial charge on any atom is 0.151 e. The van der Waals surface area contributed by atoms with Crippen LogP contribution in [0.1, 0.15) is 32.4 Å². The second kappa shape index (κ2) is 4.26. The Morgan fingerprint density at radius 3 is 3.00 bits per heavy atom. The van der Waals surface area contributed by atoms with Gasteiger partial charge in [0.1, 0.15) is 4.60 Å². The van der Waals surface area contributed by atoms with Gasteiger partial charge in [-0.25, -0.2) is 0 Å². The van der Waals surface area contributed by atoms with Gasteiger partial charge in [0.15, 0.2) is 5.76 Å². The summed E-state index contributed by atoms with van der Waals surface area (Å²) in [5.74, 6) is 0.947. The lowest BCUT2D eigenvalue weighted by molar-refractivity contribution is 0.236. The molecule has 1 atom stereocenters. The van der Waals surface area contributed by atoms with Crippen molar-refractivity contribution in [2.45, 2.75) is 33.2 Å². The summed E-state index contributed by atoms with van der Waals surface area (Å²) in [6, 6.07) is 1.95. The summed E-state index contributed by atoms with van der Waals surface area (Å²) in [5, 5.41) is 3.83. The van der Waals surface area contributed by atoms with E-state index in [1.165, 1.54) is 25.9 Å². The molecule has 1 aliphatic rings. The smallest absolute Gasteiger partial charge is 0.151 e. The summed E-state index contributed by atoms with van der Waals surface area (Å²) in [5.41, 5.74) is 0.497. The Labute approximate surface area is 98.9 Å². The maximum atomic E-state index is 5.19. The largest absolute Gasteiger partial charge is 0.359 e. The van der Waals surface area contributed by atoms with Crippen molar-refractivity contribution in [1.82, 2.24) is 10.1 Å². The van der Waals surface area contributed by atoms with E-state index >= 15 is 0 Å². The van der Waals surface area contributed by atoms with Crippen molar-refractivity contribution in [2.75, 3.05) is 13.1 Å². The molecular formula is C11H17BrN2O. The molecule has 1 unspecified atom stereocenters. The third kappa shape index (κ3) is 2.61. The Balaban J connectivity index is 1.92. The molecule has 2 heterocycles. The van der Waals surface area contributed by atoms with Crippen molar-refractivity contribution >= 4 is 15.9 Å². The van der Waals surface area contributed by atoms with Gasteiger partial charge >= 0.3 is 0 Å². The van der Waals surface area contributed by atoms with Crippen LogP contribution in [0.4, 0.5) is 0 Å². The van der Waals surface area contributed by atoms with Crippen molar-refractivity contribution in [2.24, 2.45) is 5.41 Å². The summed E-state index contributed by atoms with van der Waals surface area (Å²) in [6.07, 6.45) is 2.54. The van der Waals surface area contributed by atoms with Crippen molar-refractivity contribution in [3.05, 3.63) is 16.4 Å². The molecule has 0 amide bonds. The van der Waals surface area contributed by atoms with Crippen molar-refractivity contribution in [1.29, 1.82) is 0 Å². The van der Waals surface area contributed by atoms with E-state index in [9.17, 15) is 0 Å². The lowest BCUT2D eigenvalue weighted by Gasteiger charge is -2.22. The zero-order chi connectivity index (χ0) is 10.9. The van der Waals surface area contributed by atoms with Crippen LogP contribution in [0.15, 0.2) is 15.2 Å². The molecule has 2 rings (SSSR count). The summed E-state index contributed by atoms with van der Waals surface area (Å²) >= 11 is 3.29. The number of likely N-dealkylation sites (tertiary alicyclic amines) is 1. The van der Waals surface area contributed by atoms with E-state index in [-0.39, 0.29) is 0 Å². The average Bonchev–Trinajstić information content (AvgIpc) is 2.76. The molecule has 1 aromatic rings. The minimum Gasteiger partial charge on any atom is -0.359 e. The molecule has 3 nitrogen and oxygen atoms in total. The summed E-state index contributed by atoms with van der Waals surface area (Å²) in [6.45, 7) is 7.86. The van der Waals surface area contributed by atoms with Crippen molar-refractivity contribution in [3.63, 3.8) is 0 Å². The van der Waals surface area contributed by atoms with E-state index in [4.69, 9.17) is 4.52 Å². The minimum atomic E-state index is 0.497. The monoisotopic (exact) mass is 272 g/mol. The molecule has 0 aromatic carbocycles. The quantitative estimate of drug-likeness (QED) is 0.847. The molecule has 4 heteroatoms. The topological polar surface area (TPSA) is 29.3 Å². The van der Waals surface area contributed by atoms with Gasteiger partial charge in [-0.3, -0.25) is 4.90 Å². The number of rotatable bonds is 3. The second-order valence-electron chi connectivity index (χ2n) is 4.74. The molecule has 0 bridgehead atoms. The van der Waals surface area contributed by atoms with Crippen LogP contribution in [0.2, 0.25) is 0 Å². The van der Waals surface area contributed by atoms with Gasteiger partial charge in [-0.1, -0.05) is 19.0 Å².